The largest absolute Gasteiger partial charge is 0.462 e. The summed E-state index contributed by atoms with van der Waals surface area (Å²) in [4.78, 5) is 24.5. The molecule has 1 atom stereocenters. The van der Waals surface area contributed by atoms with Gasteiger partial charge >= 0.3 is 11.9 Å². The van der Waals surface area contributed by atoms with Gasteiger partial charge in [0.05, 0.1) is 6.61 Å². The highest BCUT2D eigenvalue weighted by molar-refractivity contribution is 5.70. The molecule has 0 aliphatic carbocycles. The van der Waals surface area contributed by atoms with Gasteiger partial charge in [-0.15, -0.1) is 0 Å². The van der Waals surface area contributed by atoms with Crippen molar-refractivity contribution in [3.63, 3.8) is 0 Å². The predicted molar refractivity (Wildman–Crippen MR) is 178 cm³/mol. The summed E-state index contributed by atoms with van der Waals surface area (Å²) in [5.41, 5.74) is 0. The van der Waals surface area contributed by atoms with Crippen LogP contribution in [0.3, 0.4) is 0 Å². The summed E-state index contributed by atoms with van der Waals surface area (Å²) in [5.74, 6) is -0.429. The molecule has 0 spiro atoms. The third kappa shape index (κ3) is 31.3. The van der Waals surface area contributed by atoms with Gasteiger partial charge in [-0.2, -0.15) is 0 Å². The minimum absolute atomic E-state index is 0.0824. The summed E-state index contributed by atoms with van der Waals surface area (Å²) in [5, 5.41) is 0. The molecule has 0 aromatic carbocycles. The number of allylic oxidation sites excluding steroid dienone is 4. The van der Waals surface area contributed by atoms with Crippen molar-refractivity contribution in [3.05, 3.63) is 24.3 Å². The fourth-order valence-corrected chi connectivity index (χ4v) is 4.77. The van der Waals surface area contributed by atoms with Crippen LogP contribution in [0, 0.1) is 0 Å². The Labute approximate surface area is 260 Å². The van der Waals surface area contributed by atoms with Gasteiger partial charge in [0, 0.05) is 19.4 Å². The first-order valence-corrected chi connectivity index (χ1v) is 17.9. The molecule has 0 fully saturated rings. The van der Waals surface area contributed by atoms with E-state index in [1.54, 1.807) is 0 Å². The second-order valence-corrected chi connectivity index (χ2v) is 11.8. The smallest absolute Gasteiger partial charge is 0.306 e. The van der Waals surface area contributed by atoms with Gasteiger partial charge in [0.1, 0.15) is 6.61 Å². The molecule has 0 radical (unpaired) electrons. The average molecular weight is 593 g/mol. The Morgan fingerprint density at radius 2 is 1.00 bits per heavy atom. The van der Waals surface area contributed by atoms with E-state index >= 15 is 0 Å². The van der Waals surface area contributed by atoms with E-state index in [2.05, 4.69) is 45.1 Å². The molecule has 0 aliphatic rings. The van der Waals surface area contributed by atoms with Gasteiger partial charge in [-0.3, -0.25) is 9.59 Å². The Hall–Kier alpha value is -1.62. The van der Waals surface area contributed by atoms with Crippen molar-refractivity contribution in [1.29, 1.82) is 0 Å². The summed E-state index contributed by atoms with van der Waals surface area (Å²) < 4.78 is 16.9. The molecule has 0 aromatic heterocycles. The summed E-state index contributed by atoms with van der Waals surface area (Å²) in [7, 11) is 0. The van der Waals surface area contributed by atoms with Crippen LogP contribution in [0.1, 0.15) is 175 Å². The highest BCUT2D eigenvalue weighted by atomic mass is 16.6. The van der Waals surface area contributed by atoms with Crippen LogP contribution in [0.15, 0.2) is 24.3 Å². The normalized spacial score (nSPS) is 12.4. The molecular weight excluding hydrogens is 524 g/mol. The second-order valence-electron chi connectivity index (χ2n) is 11.8. The lowest BCUT2D eigenvalue weighted by atomic mass is 10.1. The predicted octanol–water partition coefficient (Wildman–Crippen LogP) is 11.0. The third-order valence-corrected chi connectivity index (χ3v) is 7.49. The van der Waals surface area contributed by atoms with E-state index < -0.39 is 6.10 Å². The van der Waals surface area contributed by atoms with Gasteiger partial charge in [0.25, 0.3) is 0 Å². The van der Waals surface area contributed by atoms with Crippen LogP contribution in [-0.4, -0.2) is 37.9 Å². The Bertz CT molecular complexity index is 642. The minimum Gasteiger partial charge on any atom is -0.462 e. The zero-order valence-corrected chi connectivity index (χ0v) is 28.0. The zero-order chi connectivity index (χ0) is 30.8. The first-order valence-electron chi connectivity index (χ1n) is 17.9. The number of rotatable bonds is 32. The maximum absolute atomic E-state index is 12.4. The molecule has 0 saturated heterocycles. The Morgan fingerprint density at radius 1 is 0.524 bits per heavy atom. The molecule has 0 aromatic rings. The lowest BCUT2D eigenvalue weighted by molar-refractivity contribution is -0.163. The summed E-state index contributed by atoms with van der Waals surface area (Å²) in [6, 6.07) is 0. The van der Waals surface area contributed by atoms with Crippen molar-refractivity contribution >= 4 is 11.9 Å². The van der Waals surface area contributed by atoms with Crippen LogP contribution in [-0.2, 0) is 23.8 Å². The molecule has 5 heteroatoms. The Balaban J connectivity index is 4.03. The number of unbranched alkanes of at least 4 members (excludes halogenated alkanes) is 17. The van der Waals surface area contributed by atoms with Crippen molar-refractivity contribution in [2.24, 2.45) is 0 Å². The maximum Gasteiger partial charge on any atom is 0.306 e. The molecule has 246 valence electrons. The molecule has 0 amide bonds. The van der Waals surface area contributed by atoms with E-state index in [0.29, 0.717) is 19.4 Å². The van der Waals surface area contributed by atoms with Gasteiger partial charge in [-0.25, -0.2) is 0 Å². The Morgan fingerprint density at radius 3 is 1.62 bits per heavy atom. The van der Waals surface area contributed by atoms with Crippen molar-refractivity contribution in [2.75, 3.05) is 19.8 Å². The van der Waals surface area contributed by atoms with Crippen molar-refractivity contribution in [1.82, 2.24) is 0 Å². The van der Waals surface area contributed by atoms with E-state index in [0.717, 1.165) is 57.8 Å². The van der Waals surface area contributed by atoms with Crippen molar-refractivity contribution in [2.45, 2.75) is 181 Å². The fraction of sp³-hybridized carbons (Fsp3) is 0.838. The van der Waals surface area contributed by atoms with Gasteiger partial charge in [0.2, 0.25) is 0 Å². The highest BCUT2D eigenvalue weighted by Crippen LogP contribution is 2.11. The van der Waals surface area contributed by atoms with Crippen molar-refractivity contribution in [3.8, 4) is 0 Å². The third-order valence-electron chi connectivity index (χ3n) is 7.49. The van der Waals surface area contributed by atoms with Crippen LogP contribution in [0.25, 0.3) is 0 Å². The van der Waals surface area contributed by atoms with Gasteiger partial charge in [0.15, 0.2) is 6.10 Å². The number of hydrogen-bond acceptors (Lipinski definition) is 5. The summed E-state index contributed by atoms with van der Waals surface area (Å²) in [6.45, 7) is 7.62. The van der Waals surface area contributed by atoms with E-state index in [4.69, 9.17) is 14.2 Å². The number of hydrogen-bond donors (Lipinski definition) is 0. The molecule has 0 rings (SSSR count). The maximum atomic E-state index is 12.4. The van der Waals surface area contributed by atoms with Crippen LogP contribution in [0.5, 0.6) is 0 Å². The first kappa shape index (κ1) is 40.4. The molecule has 0 heterocycles. The lowest BCUT2D eigenvalue weighted by Gasteiger charge is -2.18. The number of esters is 2. The zero-order valence-electron chi connectivity index (χ0n) is 28.0. The number of ether oxygens (including phenoxy) is 3. The van der Waals surface area contributed by atoms with E-state index in [1.807, 2.05) is 0 Å². The summed E-state index contributed by atoms with van der Waals surface area (Å²) >= 11 is 0. The van der Waals surface area contributed by atoms with E-state index in [9.17, 15) is 9.59 Å². The van der Waals surface area contributed by atoms with Gasteiger partial charge in [-0.05, 0) is 51.4 Å². The Kier molecular flexibility index (Phi) is 32.6. The van der Waals surface area contributed by atoms with Gasteiger partial charge < -0.3 is 14.2 Å². The standard InChI is InChI=1S/C37H68O5/c1-4-7-10-13-14-15-16-17-18-19-20-21-22-23-26-29-32-40-33-35(42-37(39)31-28-25-12-9-6-3)34-41-36(38)30-27-24-11-8-5-2/h14-15,17-18,35H,4-13,16,19-34H2,1-3H3/b15-14-,18-17-. The van der Waals surface area contributed by atoms with Gasteiger partial charge in [-0.1, -0.05) is 135 Å². The molecule has 0 N–H and O–H groups in total. The molecule has 42 heavy (non-hydrogen) atoms. The SMILES string of the molecule is CCCCC/C=C\C/C=C\CCCCCCCCOCC(COC(=O)CCCCCCC)OC(=O)CCCCCCC. The van der Waals surface area contributed by atoms with E-state index in [-0.39, 0.29) is 25.2 Å². The molecular formula is C37H68O5. The highest BCUT2D eigenvalue weighted by Gasteiger charge is 2.17. The van der Waals surface area contributed by atoms with Crippen LogP contribution >= 0.6 is 0 Å². The lowest BCUT2D eigenvalue weighted by Crippen LogP contribution is -2.30. The first-order chi connectivity index (χ1) is 20.6. The molecule has 1 unspecified atom stereocenters. The van der Waals surface area contributed by atoms with Crippen molar-refractivity contribution < 1.29 is 23.8 Å². The molecule has 0 aliphatic heterocycles. The molecule has 5 nitrogen and oxygen atoms in total. The number of carbonyl (C=O) groups excluding carboxylic acids is 2. The average Bonchev–Trinajstić information content (AvgIpc) is 2.98. The van der Waals surface area contributed by atoms with Crippen LogP contribution < -0.4 is 0 Å². The topological polar surface area (TPSA) is 61.8 Å². The van der Waals surface area contributed by atoms with Crippen LogP contribution in [0.2, 0.25) is 0 Å². The van der Waals surface area contributed by atoms with Crippen LogP contribution in [0.4, 0.5) is 0 Å². The minimum atomic E-state index is -0.526. The second kappa shape index (κ2) is 33.9. The monoisotopic (exact) mass is 593 g/mol. The number of carbonyl (C=O) groups is 2. The molecule has 0 bridgehead atoms. The quantitative estimate of drug-likeness (QED) is 0.0442. The fourth-order valence-electron chi connectivity index (χ4n) is 4.77. The molecule has 0 saturated carbocycles. The summed E-state index contributed by atoms with van der Waals surface area (Å²) in [6.07, 6.45) is 35.0. The van der Waals surface area contributed by atoms with E-state index in [1.165, 1.54) is 83.5 Å².